The van der Waals surface area contributed by atoms with Gasteiger partial charge in [0.15, 0.2) is 0 Å². The highest BCUT2D eigenvalue weighted by atomic mass is 16.3. The van der Waals surface area contributed by atoms with Crippen LogP contribution in [0.5, 0.6) is 0 Å². The first-order valence-corrected chi connectivity index (χ1v) is 6.68. The van der Waals surface area contributed by atoms with E-state index in [4.69, 9.17) is 10.2 Å². The van der Waals surface area contributed by atoms with Crippen LogP contribution in [0, 0.1) is 5.92 Å². The molecule has 1 aliphatic heterocycles. The monoisotopic (exact) mass is 272 g/mol. The van der Waals surface area contributed by atoms with Crippen LogP contribution < -0.4 is 5.73 Å². The first-order valence-electron chi connectivity index (χ1n) is 6.68. The van der Waals surface area contributed by atoms with Crippen LogP contribution in [0.2, 0.25) is 0 Å². The molecule has 0 aliphatic carbocycles. The lowest BCUT2D eigenvalue weighted by atomic mass is 10.1. The highest BCUT2D eigenvalue weighted by molar-refractivity contribution is 5.88. The molecule has 2 amide bonds. The Morgan fingerprint density at radius 2 is 2.20 bits per heavy atom. The molecule has 0 bridgehead atoms. The molecule has 0 spiro atoms. The van der Waals surface area contributed by atoms with E-state index >= 15 is 0 Å². The van der Waals surface area contributed by atoms with Gasteiger partial charge in [0, 0.05) is 31.3 Å². The van der Waals surface area contributed by atoms with Crippen molar-refractivity contribution in [3.05, 3.63) is 36.1 Å². The molecule has 1 saturated heterocycles. The molecule has 2 N–H and O–H groups in total. The highest BCUT2D eigenvalue weighted by Gasteiger charge is 2.32. The number of fused-ring (bicyclic) bond motifs is 1. The summed E-state index contributed by atoms with van der Waals surface area (Å²) in [6.45, 7) is 0.983. The second-order valence-electron chi connectivity index (χ2n) is 5.14. The summed E-state index contributed by atoms with van der Waals surface area (Å²) in [6.07, 6.45) is 0.876. The summed E-state index contributed by atoms with van der Waals surface area (Å²) in [5.74, 6) is 0.0918. The van der Waals surface area contributed by atoms with Crippen molar-refractivity contribution in [2.75, 3.05) is 13.1 Å². The van der Waals surface area contributed by atoms with Crippen molar-refractivity contribution < 1.29 is 14.0 Å². The fourth-order valence-corrected chi connectivity index (χ4v) is 2.58. The van der Waals surface area contributed by atoms with Crippen LogP contribution in [0.4, 0.5) is 0 Å². The molecule has 1 fully saturated rings. The number of nitrogens with two attached hydrogens (primary N) is 1. The van der Waals surface area contributed by atoms with E-state index < -0.39 is 5.91 Å². The molecule has 1 aromatic heterocycles. The Balaban J connectivity index is 1.64. The van der Waals surface area contributed by atoms with Crippen LogP contribution in [-0.2, 0) is 16.0 Å². The van der Waals surface area contributed by atoms with E-state index in [2.05, 4.69) is 0 Å². The zero-order valence-corrected chi connectivity index (χ0v) is 11.0. The number of carbonyl (C=O) groups is 2. The van der Waals surface area contributed by atoms with Gasteiger partial charge in [0.05, 0.1) is 5.92 Å². The Labute approximate surface area is 116 Å². The molecule has 0 radical (unpaired) electrons. The molecule has 5 nitrogen and oxygen atoms in total. The van der Waals surface area contributed by atoms with Crippen molar-refractivity contribution in [2.45, 2.75) is 12.8 Å². The topological polar surface area (TPSA) is 76.5 Å². The van der Waals surface area contributed by atoms with E-state index in [1.54, 1.807) is 4.90 Å². The Bertz CT molecular complexity index is 629. The smallest absolute Gasteiger partial charge is 0.223 e. The number of furan rings is 1. The average Bonchev–Trinajstić information content (AvgIpc) is 2.99. The predicted octanol–water partition coefficient (Wildman–Crippen LogP) is 1.31. The molecular weight excluding hydrogens is 256 g/mol. The van der Waals surface area contributed by atoms with Crippen molar-refractivity contribution in [1.82, 2.24) is 4.90 Å². The van der Waals surface area contributed by atoms with Gasteiger partial charge in [-0.05, 0) is 12.1 Å². The van der Waals surface area contributed by atoms with Crippen LogP contribution in [0.25, 0.3) is 11.0 Å². The number of nitrogens with zero attached hydrogens (tertiary/aromatic N) is 1. The third-order valence-electron chi connectivity index (χ3n) is 3.72. The average molecular weight is 272 g/mol. The van der Waals surface area contributed by atoms with Gasteiger partial charge in [-0.15, -0.1) is 0 Å². The minimum atomic E-state index is -0.399. The van der Waals surface area contributed by atoms with Gasteiger partial charge < -0.3 is 15.1 Å². The van der Waals surface area contributed by atoms with Crippen LogP contribution in [0.15, 0.2) is 34.7 Å². The van der Waals surface area contributed by atoms with Gasteiger partial charge >= 0.3 is 0 Å². The maximum absolute atomic E-state index is 11.8. The maximum atomic E-state index is 11.8. The SMILES string of the molecule is NC(=O)C1CC(=O)N(CCc2cc3ccccc3o2)C1. The van der Waals surface area contributed by atoms with Crippen molar-refractivity contribution in [1.29, 1.82) is 0 Å². The number of benzene rings is 1. The van der Waals surface area contributed by atoms with E-state index in [9.17, 15) is 9.59 Å². The number of hydrogen-bond donors (Lipinski definition) is 1. The van der Waals surface area contributed by atoms with Crippen LogP contribution in [0.1, 0.15) is 12.2 Å². The summed E-state index contributed by atoms with van der Waals surface area (Å²) in [5, 5.41) is 1.06. The normalized spacial score (nSPS) is 18.9. The lowest BCUT2D eigenvalue weighted by Gasteiger charge is -2.14. The van der Waals surface area contributed by atoms with Gasteiger partial charge in [0.1, 0.15) is 11.3 Å². The van der Waals surface area contributed by atoms with Gasteiger partial charge in [-0.1, -0.05) is 18.2 Å². The number of rotatable bonds is 4. The molecular formula is C15H16N2O3. The second-order valence-corrected chi connectivity index (χ2v) is 5.14. The van der Waals surface area contributed by atoms with E-state index in [0.29, 0.717) is 19.5 Å². The van der Waals surface area contributed by atoms with Crippen molar-refractivity contribution in [3.63, 3.8) is 0 Å². The summed E-state index contributed by atoms with van der Waals surface area (Å²) in [4.78, 5) is 24.6. The third-order valence-corrected chi connectivity index (χ3v) is 3.72. The molecule has 1 aliphatic rings. The molecule has 2 aromatic rings. The number of likely N-dealkylation sites (tertiary alicyclic amines) is 1. The quantitative estimate of drug-likeness (QED) is 0.911. The van der Waals surface area contributed by atoms with E-state index in [0.717, 1.165) is 16.7 Å². The molecule has 2 heterocycles. The minimum Gasteiger partial charge on any atom is -0.461 e. The van der Waals surface area contributed by atoms with E-state index in [-0.39, 0.29) is 18.2 Å². The number of carbonyl (C=O) groups excluding carboxylic acids is 2. The molecule has 1 aromatic carbocycles. The van der Waals surface area contributed by atoms with Gasteiger partial charge in [0.2, 0.25) is 11.8 Å². The van der Waals surface area contributed by atoms with Crippen LogP contribution in [-0.4, -0.2) is 29.8 Å². The third kappa shape index (κ3) is 2.39. The largest absolute Gasteiger partial charge is 0.461 e. The summed E-state index contributed by atoms with van der Waals surface area (Å²) >= 11 is 0. The highest BCUT2D eigenvalue weighted by Crippen LogP contribution is 2.21. The zero-order valence-electron chi connectivity index (χ0n) is 11.0. The summed E-state index contributed by atoms with van der Waals surface area (Å²) in [6, 6.07) is 9.79. The standard InChI is InChI=1S/C15H16N2O3/c16-15(19)11-8-14(18)17(9-11)6-5-12-7-10-3-1-2-4-13(10)20-12/h1-4,7,11H,5-6,8-9H2,(H2,16,19). The van der Waals surface area contributed by atoms with E-state index in [1.165, 1.54) is 0 Å². The Hall–Kier alpha value is -2.30. The number of primary amides is 1. The van der Waals surface area contributed by atoms with Crippen LogP contribution >= 0.6 is 0 Å². The van der Waals surface area contributed by atoms with Gasteiger partial charge in [-0.25, -0.2) is 0 Å². The number of para-hydroxylation sites is 1. The molecule has 20 heavy (non-hydrogen) atoms. The molecule has 1 unspecified atom stereocenters. The van der Waals surface area contributed by atoms with Crippen molar-refractivity contribution in [3.8, 4) is 0 Å². The summed E-state index contributed by atoms with van der Waals surface area (Å²) < 4.78 is 5.71. The van der Waals surface area contributed by atoms with Gasteiger partial charge in [-0.2, -0.15) is 0 Å². The molecule has 3 rings (SSSR count). The summed E-state index contributed by atoms with van der Waals surface area (Å²) in [7, 11) is 0. The Morgan fingerprint density at radius 1 is 1.40 bits per heavy atom. The van der Waals surface area contributed by atoms with E-state index in [1.807, 2.05) is 30.3 Å². The zero-order chi connectivity index (χ0) is 14.1. The second kappa shape index (κ2) is 5.00. The first kappa shape index (κ1) is 12.7. The number of amides is 2. The lowest BCUT2D eigenvalue weighted by Crippen LogP contribution is -2.30. The number of hydrogen-bond acceptors (Lipinski definition) is 3. The van der Waals surface area contributed by atoms with Gasteiger partial charge in [-0.3, -0.25) is 9.59 Å². The van der Waals surface area contributed by atoms with Crippen molar-refractivity contribution >= 4 is 22.8 Å². The molecule has 104 valence electrons. The fraction of sp³-hybridized carbons (Fsp3) is 0.333. The lowest BCUT2D eigenvalue weighted by molar-refractivity contribution is -0.128. The predicted molar refractivity (Wildman–Crippen MR) is 73.8 cm³/mol. The Morgan fingerprint density at radius 3 is 2.90 bits per heavy atom. The Kier molecular flexibility index (Phi) is 3.18. The first-order chi connectivity index (χ1) is 9.63. The van der Waals surface area contributed by atoms with Crippen molar-refractivity contribution in [2.24, 2.45) is 11.7 Å². The minimum absolute atomic E-state index is 0.00934. The molecule has 5 heteroatoms. The van der Waals surface area contributed by atoms with Crippen LogP contribution in [0.3, 0.4) is 0 Å². The molecule has 1 atom stereocenters. The molecule has 0 saturated carbocycles. The van der Waals surface area contributed by atoms with Gasteiger partial charge in [0.25, 0.3) is 0 Å². The maximum Gasteiger partial charge on any atom is 0.223 e. The fourth-order valence-electron chi connectivity index (χ4n) is 2.58. The summed E-state index contributed by atoms with van der Waals surface area (Å²) in [5.41, 5.74) is 6.10.